The van der Waals surface area contributed by atoms with Crippen molar-refractivity contribution in [1.82, 2.24) is 9.97 Å². The largest absolute Gasteiger partial charge is 0.283 e. The van der Waals surface area contributed by atoms with Crippen molar-refractivity contribution in [2.75, 3.05) is 10.7 Å². The summed E-state index contributed by atoms with van der Waals surface area (Å²) in [6.07, 6.45) is 4.47. The molecule has 0 N–H and O–H groups in total. The first-order chi connectivity index (χ1) is 14.7. The van der Waals surface area contributed by atoms with Crippen LogP contribution in [-0.2, 0) is 23.5 Å². The summed E-state index contributed by atoms with van der Waals surface area (Å²) in [6.45, 7) is 2.60. The number of benzene rings is 2. The number of aromatic nitrogens is 2. The minimum Gasteiger partial charge on any atom is -0.283 e. The van der Waals surface area contributed by atoms with E-state index < -0.39 is 0 Å². The Balaban J connectivity index is 1.57. The van der Waals surface area contributed by atoms with Gasteiger partial charge < -0.3 is 0 Å². The summed E-state index contributed by atoms with van der Waals surface area (Å²) in [5, 5.41) is 0.750. The molecule has 30 heavy (non-hydrogen) atoms. The third-order valence-corrected chi connectivity index (χ3v) is 6.84. The molecule has 1 amide bonds. The number of rotatable bonds is 8. The van der Waals surface area contributed by atoms with Gasteiger partial charge in [0.2, 0.25) is 5.91 Å². The second-order valence-corrected chi connectivity index (χ2v) is 8.93. The number of carbonyl (C=O) groups excluding carboxylic acids is 1. The maximum absolute atomic E-state index is 13.2. The molecule has 2 heterocycles. The third kappa shape index (κ3) is 4.89. The maximum atomic E-state index is 13.2. The second kappa shape index (κ2) is 9.87. The predicted molar refractivity (Wildman–Crippen MR) is 127 cm³/mol. The van der Waals surface area contributed by atoms with Crippen LogP contribution >= 0.6 is 23.1 Å². The summed E-state index contributed by atoms with van der Waals surface area (Å²) in [4.78, 5) is 24.1. The van der Waals surface area contributed by atoms with Gasteiger partial charge in [-0.1, -0.05) is 66.8 Å². The van der Waals surface area contributed by atoms with Gasteiger partial charge in [0.05, 0.1) is 22.5 Å². The molecule has 0 saturated carbocycles. The van der Waals surface area contributed by atoms with Crippen LogP contribution in [0.2, 0.25) is 0 Å². The fraction of sp³-hybridized carbons (Fsp3) is 0.208. The van der Waals surface area contributed by atoms with E-state index >= 15 is 0 Å². The molecule has 0 atom stereocenters. The number of aryl methyl sites for hydroxylation is 1. The highest BCUT2D eigenvalue weighted by Crippen LogP contribution is 2.32. The van der Waals surface area contributed by atoms with E-state index in [0.29, 0.717) is 12.3 Å². The van der Waals surface area contributed by atoms with Gasteiger partial charge in [0, 0.05) is 18.1 Å². The first-order valence-corrected chi connectivity index (χ1v) is 11.9. The van der Waals surface area contributed by atoms with E-state index in [-0.39, 0.29) is 5.91 Å². The number of carbonyl (C=O) groups is 1. The van der Waals surface area contributed by atoms with Crippen molar-refractivity contribution in [2.45, 2.75) is 25.6 Å². The smallest absolute Gasteiger partial charge is 0.239 e. The number of fused-ring (bicyclic) bond motifs is 1. The van der Waals surface area contributed by atoms with Crippen LogP contribution in [0.3, 0.4) is 0 Å². The van der Waals surface area contributed by atoms with E-state index in [4.69, 9.17) is 4.98 Å². The Morgan fingerprint density at radius 2 is 1.87 bits per heavy atom. The van der Waals surface area contributed by atoms with E-state index in [1.54, 1.807) is 34.2 Å². The average molecular weight is 434 g/mol. The summed E-state index contributed by atoms with van der Waals surface area (Å²) >= 11 is 3.21. The number of amides is 1. The zero-order valence-electron chi connectivity index (χ0n) is 16.8. The lowest BCUT2D eigenvalue weighted by Crippen LogP contribution is -2.32. The van der Waals surface area contributed by atoms with Gasteiger partial charge in [-0.25, -0.2) is 4.98 Å². The summed E-state index contributed by atoms with van der Waals surface area (Å²) in [5.41, 5.74) is 4.43. The molecule has 0 saturated heterocycles. The van der Waals surface area contributed by atoms with Crippen LogP contribution in [-0.4, -0.2) is 21.6 Å². The summed E-state index contributed by atoms with van der Waals surface area (Å²) < 4.78 is 1.12. The van der Waals surface area contributed by atoms with Gasteiger partial charge in [-0.15, -0.1) is 11.8 Å². The molecular formula is C24H23N3OS2. The van der Waals surface area contributed by atoms with Crippen molar-refractivity contribution in [1.29, 1.82) is 0 Å². The van der Waals surface area contributed by atoms with Crippen molar-refractivity contribution < 1.29 is 4.79 Å². The Labute approximate surface area is 185 Å². The number of hydrogen-bond acceptors (Lipinski definition) is 5. The van der Waals surface area contributed by atoms with Gasteiger partial charge in [0.1, 0.15) is 0 Å². The molecule has 0 radical (unpaired) electrons. The molecule has 4 rings (SSSR count). The normalized spacial score (nSPS) is 11.0. The molecule has 4 nitrogen and oxygen atoms in total. The highest BCUT2D eigenvalue weighted by molar-refractivity contribution is 7.99. The van der Waals surface area contributed by atoms with Gasteiger partial charge in [0.15, 0.2) is 5.13 Å². The summed E-state index contributed by atoms with van der Waals surface area (Å²) in [5.74, 6) is 1.29. The van der Waals surface area contributed by atoms with Crippen molar-refractivity contribution in [2.24, 2.45) is 0 Å². The number of thioether (sulfide) groups is 1. The highest BCUT2D eigenvalue weighted by atomic mass is 32.2. The van der Waals surface area contributed by atoms with Crippen LogP contribution in [0.1, 0.15) is 23.6 Å². The molecule has 0 bridgehead atoms. The van der Waals surface area contributed by atoms with Crippen molar-refractivity contribution in [3.63, 3.8) is 0 Å². The van der Waals surface area contributed by atoms with Crippen molar-refractivity contribution in [3.8, 4) is 0 Å². The molecule has 4 aromatic rings. The van der Waals surface area contributed by atoms with Crippen LogP contribution in [0.4, 0.5) is 5.13 Å². The third-order valence-electron chi connectivity index (χ3n) is 4.80. The molecule has 2 aromatic carbocycles. The Morgan fingerprint density at radius 3 is 2.63 bits per heavy atom. The van der Waals surface area contributed by atoms with Crippen LogP contribution in [0.5, 0.6) is 0 Å². The van der Waals surface area contributed by atoms with Crippen molar-refractivity contribution >= 4 is 44.4 Å². The van der Waals surface area contributed by atoms with E-state index in [0.717, 1.165) is 33.1 Å². The monoisotopic (exact) mass is 433 g/mol. The molecule has 6 heteroatoms. The topological polar surface area (TPSA) is 46.1 Å². The SMILES string of the molecule is CCc1cccc2sc(N(Cc3cccnc3)C(=O)CSCc3ccccc3)nc12. The molecule has 0 spiro atoms. The molecule has 0 aliphatic heterocycles. The van der Waals surface area contributed by atoms with Gasteiger partial charge in [-0.3, -0.25) is 14.7 Å². The maximum Gasteiger partial charge on any atom is 0.239 e. The second-order valence-electron chi connectivity index (χ2n) is 6.93. The van der Waals surface area contributed by atoms with E-state index in [1.165, 1.54) is 11.1 Å². The number of para-hydroxylation sites is 1. The molecule has 152 valence electrons. The lowest BCUT2D eigenvalue weighted by atomic mass is 10.1. The molecule has 2 aromatic heterocycles. The Morgan fingerprint density at radius 1 is 1.03 bits per heavy atom. The Hall–Kier alpha value is -2.70. The number of pyridine rings is 1. The predicted octanol–water partition coefficient (Wildman–Crippen LogP) is 5.72. The number of thiazole rings is 1. The fourth-order valence-electron chi connectivity index (χ4n) is 3.24. The minimum atomic E-state index is 0.0666. The van der Waals surface area contributed by atoms with Gasteiger partial charge in [-0.05, 0) is 35.2 Å². The number of hydrogen-bond donors (Lipinski definition) is 0. The molecule has 0 unspecified atom stereocenters. The number of anilines is 1. The Bertz CT molecular complexity index is 1110. The fourth-order valence-corrected chi connectivity index (χ4v) is 5.13. The van der Waals surface area contributed by atoms with Crippen molar-refractivity contribution in [3.05, 3.63) is 89.7 Å². The molecule has 0 aliphatic carbocycles. The quantitative estimate of drug-likeness (QED) is 0.356. The van der Waals surface area contributed by atoms with E-state index in [9.17, 15) is 4.79 Å². The van der Waals surface area contributed by atoms with Gasteiger partial charge >= 0.3 is 0 Å². The first kappa shape index (κ1) is 20.6. The zero-order valence-corrected chi connectivity index (χ0v) is 18.5. The van der Waals surface area contributed by atoms with Crippen LogP contribution < -0.4 is 4.90 Å². The highest BCUT2D eigenvalue weighted by Gasteiger charge is 2.21. The average Bonchev–Trinajstić information content (AvgIpc) is 3.23. The summed E-state index contributed by atoms with van der Waals surface area (Å²) in [6, 6.07) is 20.4. The molecule has 0 fully saturated rings. The van der Waals surface area contributed by atoms with Crippen LogP contribution in [0, 0.1) is 0 Å². The van der Waals surface area contributed by atoms with E-state index in [2.05, 4.69) is 42.2 Å². The molecule has 0 aliphatic rings. The molecular weight excluding hydrogens is 410 g/mol. The van der Waals surface area contributed by atoms with Gasteiger partial charge in [0.25, 0.3) is 0 Å². The zero-order chi connectivity index (χ0) is 20.8. The van der Waals surface area contributed by atoms with E-state index in [1.807, 2.05) is 36.5 Å². The van der Waals surface area contributed by atoms with Crippen LogP contribution in [0.15, 0.2) is 73.1 Å². The first-order valence-electron chi connectivity index (χ1n) is 9.94. The lowest BCUT2D eigenvalue weighted by Gasteiger charge is -2.19. The van der Waals surface area contributed by atoms with Crippen LogP contribution in [0.25, 0.3) is 10.2 Å². The number of nitrogens with zero attached hydrogens (tertiary/aromatic N) is 3. The minimum absolute atomic E-state index is 0.0666. The standard InChI is InChI=1S/C24H23N3OS2/c1-2-20-11-6-12-21-23(20)26-24(30-21)27(15-19-10-7-13-25-14-19)22(28)17-29-16-18-8-4-3-5-9-18/h3-14H,2,15-17H2,1H3. The summed E-state index contributed by atoms with van der Waals surface area (Å²) in [7, 11) is 0. The lowest BCUT2D eigenvalue weighted by molar-refractivity contribution is -0.116. The Kier molecular flexibility index (Phi) is 6.77. The van der Waals surface area contributed by atoms with Gasteiger partial charge in [-0.2, -0.15) is 0 Å².